The van der Waals surface area contributed by atoms with E-state index in [-0.39, 0.29) is 5.97 Å². The predicted octanol–water partition coefficient (Wildman–Crippen LogP) is 1.88. The van der Waals surface area contributed by atoms with Gasteiger partial charge in [0.05, 0.1) is 6.42 Å². The van der Waals surface area contributed by atoms with Gasteiger partial charge in [0.15, 0.2) is 0 Å². The second kappa shape index (κ2) is 4.31. The SMILES string of the molecule is C1CCCC1.O=C1CCO1. The first-order valence-electron chi connectivity index (χ1n) is 4.05. The molecule has 0 aromatic heterocycles. The summed E-state index contributed by atoms with van der Waals surface area (Å²) < 4.78 is 4.29. The molecule has 0 aromatic rings. The van der Waals surface area contributed by atoms with E-state index in [1.807, 2.05) is 0 Å². The first-order valence-corrected chi connectivity index (χ1v) is 4.05. The number of rotatable bonds is 0. The van der Waals surface area contributed by atoms with Crippen LogP contribution in [0.3, 0.4) is 0 Å². The van der Waals surface area contributed by atoms with Crippen molar-refractivity contribution in [2.75, 3.05) is 6.61 Å². The minimum atomic E-state index is -0.0648. The molecule has 0 N–H and O–H groups in total. The monoisotopic (exact) mass is 142 g/mol. The largest absolute Gasteiger partial charge is 0.465 e. The van der Waals surface area contributed by atoms with Gasteiger partial charge in [-0.1, -0.05) is 32.1 Å². The Labute approximate surface area is 61.6 Å². The van der Waals surface area contributed by atoms with Gasteiger partial charge in [0, 0.05) is 0 Å². The van der Waals surface area contributed by atoms with Gasteiger partial charge in [-0.2, -0.15) is 0 Å². The third-order valence-corrected chi connectivity index (χ3v) is 1.82. The number of cyclic esters (lactones) is 1. The fraction of sp³-hybridized carbons (Fsp3) is 0.875. The Hall–Kier alpha value is -0.530. The van der Waals surface area contributed by atoms with Gasteiger partial charge >= 0.3 is 5.97 Å². The van der Waals surface area contributed by atoms with E-state index < -0.39 is 0 Å². The lowest BCUT2D eigenvalue weighted by Gasteiger charge is -2.09. The van der Waals surface area contributed by atoms with Gasteiger partial charge in [-0.05, 0) is 0 Å². The highest BCUT2D eigenvalue weighted by Crippen LogP contribution is 2.15. The average Bonchev–Trinajstić information content (AvgIpc) is 2.38. The molecule has 0 radical (unpaired) electrons. The summed E-state index contributed by atoms with van der Waals surface area (Å²) >= 11 is 0. The molecular weight excluding hydrogens is 128 g/mol. The number of hydrogen-bond donors (Lipinski definition) is 0. The molecule has 10 heavy (non-hydrogen) atoms. The van der Waals surface area contributed by atoms with E-state index in [1.54, 1.807) is 0 Å². The van der Waals surface area contributed by atoms with E-state index in [0.29, 0.717) is 13.0 Å². The fourth-order valence-electron chi connectivity index (χ4n) is 1.07. The van der Waals surface area contributed by atoms with Crippen LogP contribution >= 0.6 is 0 Å². The van der Waals surface area contributed by atoms with Gasteiger partial charge in [-0.15, -0.1) is 0 Å². The summed E-state index contributed by atoms with van der Waals surface area (Å²) in [5.41, 5.74) is 0. The molecule has 2 rings (SSSR count). The summed E-state index contributed by atoms with van der Waals surface area (Å²) in [6.07, 6.45) is 8.12. The molecule has 1 saturated heterocycles. The molecule has 2 fully saturated rings. The average molecular weight is 142 g/mol. The Morgan fingerprint density at radius 3 is 1.40 bits per heavy atom. The van der Waals surface area contributed by atoms with Crippen LogP contribution in [-0.2, 0) is 9.53 Å². The Bertz CT molecular complexity index is 92.2. The lowest BCUT2D eigenvalue weighted by Crippen LogP contribution is -2.18. The molecule has 2 aliphatic rings. The van der Waals surface area contributed by atoms with Crippen LogP contribution in [0.25, 0.3) is 0 Å². The van der Waals surface area contributed by atoms with Gasteiger partial charge in [-0.3, -0.25) is 4.79 Å². The van der Waals surface area contributed by atoms with Crippen molar-refractivity contribution in [1.82, 2.24) is 0 Å². The Morgan fingerprint density at radius 1 is 1.00 bits per heavy atom. The van der Waals surface area contributed by atoms with E-state index in [2.05, 4.69) is 4.74 Å². The highest BCUT2D eigenvalue weighted by Gasteiger charge is 2.10. The normalized spacial score (nSPS) is 22.2. The van der Waals surface area contributed by atoms with Crippen LogP contribution in [0, 0.1) is 0 Å². The third kappa shape index (κ3) is 2.85. The van der Waals surface area contributed by atoms with Crippen molar-refractivity contribution in [3.05, 3.63) is 0 Å². The van der Waals surface area contributed by atoms with Crippen molar-refractivity contribution in [2.45, 2.75) is 38.5 Å². The van der Waals surface area contributed by atoms with E-state index >= 15 is 0 Å². The zero-order valence-corrected chi connectivity index (χ0v) is 6.27. The summed E-state index contributed by atoms with van der Waals surface area (Å²) in [4.78, 5) is 9.68. The predicted molar refractivity (Wildman–Crippen MR) is 38.7 cm³/mol. The minimum Gasteiger partial charge on any atom is -0.465 e. The lowest BCUT2D eigenvalue weighted by atomic mass is 10.4. The van der Waals surface area contributed by atoms with Gasteiger partial charge in [0.1, 0.15) is 6.61 Å². The number of hydrogen-bond acceptors (Lipinski definition) is 2. The molecule has 0 bridgehead atoms. The lowest BCUT2D eigenvalue weighted by molar-refractivity contribution is -0.157. The van der Waals surface area contributed by atoms with E-state index in [1.165, 1.54) is 32.1 Å². The van der Waals surface area contributed by atoms with Crippen LogP contribution in [-0.4, -0.2) is 12.6 Å². The molecule has 2 nitrogen and oxygen atoms in total. The highest BCUT2D eigenvalue weighted by atomic mass is 16.6. The summed E-state index contributed by atoms with van der Waals surface area (Å²) in [5.74, 6) is -0.0648. The first kappa shape index (κ1) is 7.58. The molecular formula is C8H14O2. The number of ether oxygens (including phenoxy) is 1. The quantitative estimate of drug-likeness (QED) is 0.483. The summed E-state index contributed by atoms with van der Waals surface area (Å²) in [6, 6.07) is 0. The maximum atomic E-state index is 9.68. The van der Waals surface area contributed by atoms with Crippen molar-refractivity contribution in [3.8, 4) is 0 Å². The smallest absolute Gasteiger partial charge is 0.309 e. The summed E-state index contributed by atoms with van der Waals surface area (Å²) in [7, 11) is 0. The van der Waals surface area contributed by atoms with Crippen molar-refractivity contribution in [3.63, 3.8) is 0 Å². The van der Waals surface area contributed by atoms with Crippen molar-refractivity contribution >= 4 is 5.97 Å². The molecule has 58 valence electrons. The first-order chi connectivity index (χ1) is 4.89. The molecule has 0 aromatic carbocycles. The van der Waals surface area contributed by atoms with Crippen LogP contribution in [0.2, 0.25) is 0 Å². The van der Waals surface area contributed by atoms with Crippen molar-refractivity contribution in [2.24, 2.45) is 0 Å². The number of carbonyl (C=O) groups excluding carboxylic acids is 1. The molecule has 0 amide bonds. The summed E-state index contributed by atoms with van der Waals surface area (Å²) in [5, 5.41) is 0. The van der Waals surface area contributed by atoms with Crippen LogP contribution in [0.1, 0.15) is 38.5 Å². The second-order valence-electron chi connectivity index (χ2n) is 2.74. The van der Waals surface area contributed by atoms with E-state index in [9.17, 15) is 4.79 Å². The molecule has 0 spiro atoms. The van der Waals surface area contributed by atoms with Crippen molar-refractivity contribution in [1.29, 1.82) is 0 Å². The van der Waals surface area contributed by atoms with Gasteiger partial charge in [0.25, 0.3) is 0 Å². The molecule has 1 saturated carbocycles. The van der Waals surface area contributed by atoms with E-state index in [4.69, 9.17) is 0 Å². The highest BCUT2D eigenvalue weighted by molar-refractivity contribution is 5.73. The van der Waals surface area contributed by atoms with Gasteiger partial charge < -0.3 is 4.74 Å². The second-order valence-corrected chi connectivity index (χ2v) is 2.74. The number of carbonyl (C=O) groups is 1. The molecule has 1 heterocycles. The van der Waals surface area contributed by atoms with Crippen LogP contribution in [0.15, 0.2) is 0 Å². The Morgan fingerprint density at radius 2 is 1.30 bits per heavy atom. The number of esters is 1. The van der Waals surface area contributed by atoms with Crippen molar-refractivity contribution < 1.29 is 9.53 Å². The van der Waals surface area contributed by atoms with Crippen LogP contribution in [0.4, 0.5) is 0 Å². The molecule has 0 unspecified atom stereocenters. The molecule has 0 atom stereocenters. The molecule has 2 heteroatoms. The molecule has 1 aliphatic carbocycles. The van der Waals surface area contributed by atoms with Gasteiger partial charge in [0.2, 0.25) is 0 Å². The van der Waals surface area contributed by atoms with Crippen LogP contribution in [0.5, 0.6) is 0 Å². The third-order valence-electron chi connectivity index (χ3n) is 1.82. The Balaban J connectivity index is 0.0000001000. The Kier molecular flexibility index (Phi) is 3.27. The molecule has 1 aliphatic heterocycles. The standard InChI is InChI=1S/C5H10.C3H4O2/c1-2-4-5-3-1;4-3-1-2-5-3/h1-5H2;1-2H2. The maximum Gasteiger partial charge on any atom is 0.309 e. The fourth-order valence-corrected chi connectivity index (χ4v) is 1.07. The zero-order valence-electron chi connectivity index (χ0n) is 6.27. The zero-order chi connectivity index (χ0) is 7.23. The topological polar surface area (TPSA) is 26.3 Å². The van der Waals surface area contributed by atoms with E-state index in [0.717, 1.165) is 0 Å². The summed E-state index contributed by atoms with van der Waals surface area (Å²) in [6.45, 7) is 0.638. The maximum absolute atomic E-state index is 9.68. The van der Waals surface area contributed by atoms with Gasteiger partial charge in [-0.25, -0.2) is 0 Å². The minimum absolute atomic E-state index is 0.0648. The van der Waals surface area contributed by atoms with Crippen LogP contribution < -0.4 is 0 Å².